The Balaban J connectivity index is 1.81. The van der Waals surface area contributed by atoms with Crippen LogP contribution in [0, 0.1) is 18.7 Å². The van der Waals surface area contributed by atoms with Gasteiger partial charge in [-0.05, 0) is 68.2 Å². The van der Waals surface area contributed by atoms with Crippen molar-refractivity contribution in [2.24, 2.45) is 11.8 Å². The molecule has 2 fully saturated rings. The highest BCUT2D eigenvalue weighted by Crippen LogP contribution is 2.47. The number of rotatable bonds is 3. The summed E-state index contributed by atoms with van der Waals surface area (Å²) in [6.45, 7) is 2.75. The summed E-state index contributed by atoms with van der Waals surface area (Å²) in [6, 6.07) is 5.04. The van der Waals surface area contributed by atoms with Crippen LogP contribution < -0.4 is 11.3 Å². The number of ether oxygens (including phenoxy) is 1. The number of aryl methyl sites for hydroxylation is 1. The van der Waals surface area contributed by atoms with Crippen LogP contribution >= 0.6 is 0 Å². The van der Waals surface area contributed by atoms with E-state index in [0.717, 1.165) is 30.6 Å². The van der Waals surface area contributed by atoms with Gasteiger partial charge in [-0.15, -0.1) is 0 Å². The molecule has 20 heavy (non-hydrogen) atoms. The van der Waals surface area contributed by atoms with Crippen LogP contribution in [0.25, 0.3) is 0 Å². The summed E-state index contributed by atoms with van der Waals surface area (Å²) >= 11 is 0. The zero-order chi connectivity index (χ0) is 14.2. The van der Waals surface area contributed by atoms with Crippen LogP contribution in [0.1, 0.15) is 49.3 Å². The Bertz CT molecular complexity index is 487. The molecule has 3 nitrogen and oxygen atoms in total. The smallest absolute Gasteiger partial charge is 0.123 e. The molecule has 1 aliphatic carbocycles. The fraction of sp³-hybridized carbons (Fsp3) is 0.625. The molecule has 1 aliphatic heterocycles. The van der Waals surface area contributed by atoms with E-state index in [1.54, 1.807) is 6.07 Å². The van der Waals surface area contributed by atoms with Gasteiger partial charge in [0.05, 0.1) is 5.60 Å². The summed E-state index contributed by atoms with van der Waals surface area (Å²) < 4.78 is 19.3. The maximum atomic E-state index is 13.3. The third-order valence-corrected chi connectivity index (χ3v) is 5.01. The fourth-order valence-corrected chi connectivity index (χ4v) is 3.74. The Morgan fingerprint density at radius 3 is 2.85 bits per heavy atom. The van der Waals surface area contributed by atoms with Crippen molar-refractivity contribution in [3.05, 3.63) is 35.1 Å². The van der Waals surface area contributed by atoms with Gasteiger partial charge in [0.25, 0.3) is 0 Å². The van der Waals surface area contributed by atoms with Crippen molar-refractivity contribution in [1.82, 2.24) is 5.43 Å². The van der Waals surface area contributed by atoms with Crippen LogP contribution in [-0.4, -0.2) is 12.2 Å². The highest BCUT2D eigenvalue weighted by Gasteiger charge is 2.44. The molecule has 0 radical (unpaired) electrons. The third-order valence-electron chi connectivity index (χ3n) is 5.01. The van der Waals surface area contributed by atoms with Crippen molar-refractivity contribution in [3.63, 3.8) is 0 Å². The Kier molecular flexibility index (Phi) is 3.80. The molecule has 2 atom stereocenters. The first kappa shape index (κ1) is 14.0. The average Bonchev–Trinajstić information content (AvgIpc) is 2.40. The summed E-state index contributed by atoms with van der Waals surface area (Å²) in [5.41, 5.74) is 5.13. The predicted molar refractivity (Wildman–Crippen MR) is 76.5 cm³/mol. The van der Waals surface area contributed by atoms with Crippen LogP contribution in [0.3, 0.4) is 0 Å². The molecule has 0 bridgehead atoms. The lowest BCUT2D eigenvalue weighted by Gasteiger charge is -2.48. The first-order chi connectivity index (χ1) is 9.63. The fourth-order valence-electron chi connectivity index (χ4n) is 3.74. The molecule has 4 heteroatoms. The van der Waals surface area contributed by atoms with E-state index in [2.05, 4.69) is 5.43 Å². The van der Waals surface area contributed by atoms with Crippen molar-refractivity contribution in [3.8, 4) is 0 Å². The predicted octanol–water partition coefficient (Wildman–Crippen LogP) is 2.99. The van der Waals surface area contributed by atoms with Crippen LogP contribution in [0.15, 0.2) is 18.2 Å². The third kappa shape index (κ3) is 2.48. The molecule has 3 rings (SSSR count). The van der Waals surface area contributed by atoms with E-state index < -0.39 is 0 Å². The average molecular weight is 278 g/mol. The Morgan fingerprint density at radius 1 is 1.45 bits per heavy atom. The van der Waals surface area contributed by atoms with E-state index in [0.29, 0.717) is 5.92 Å². The van der Waals surface area contributed by atoms with Crippen molar-refractivity contribution in [2.45, 2.75) is 50.7 Å². The van der Waals surface area contributed by atoms with Crippen LogP contribution in [0.4, 0.5) is 4.39 Å². The topological polar surface area (TPSA) is 47.3 Å². The van der Waals surface area contributed by atoms with Gasteiger partial charge >= 0.3 is 0 Å². The van der Waals surface area contributed by atoms with Gasteiger partial charge in [-0.2, -0.15) is 0 Å². The van der Waals surface area contributed by atoms with Crippen molar-refractivity contribution in [1.29, 1.82) is 0 Å². The summed E-state index contributed by atoms with van der Waals surface area (Å²) in [5, 5.41) is 0. The molecule has 1 aromatic rings. The highest BCUT2D eigenvalue weighted by molar-refractivity contribution is 5.30. The van der Waals surface area contributed by atoms with Gasteiger partial charge in [0, 0.05) is 12.6 Å². The van der Waals surface area contributed by atoms with Gasteiger partial charge in [-0.25, -0.2) is 4.39 Å². The minimum Gasteiger partial charge on any atom is -0.375 e. The second kappa shape index (κ2) is 5.43. The van der Waals surface area contributed by atoms with Crippen molar-refractivity contribution < 1.29 is 9.13 Å². The minimum absolute atomic E-state index is 0.0805. The van der Waals surface area contributed by atoms with Gasteiger partial charge in [-0.3, -0.25) is 11.3 Å². The maximum Gasteiger partial charge on any atom is 0.123 e. The molecule has 1 saturated carbocycles. The Morgan fingerprint density at radius 2 is 2.25 bits per heavy atom. The maximum absolute atomic E-state index is 13.3. The quantitative estimate of drug-likeness (QED) is 0.660. The van der Waals surface area contributed by atoms with Crippen LogP contribution in [0.2, 0.25) is 0 Å². The van der Waals surface area contributed by atoms with Gasteiger partial charge in [0.1, 0.15) is 5.82 Å². The number of hydrazine groups is 1. The molecule has 2 aliphatic rings. The largest absolute Gasteiger partial charge is 0.375 e. The van der Waals surface area contributed by atoms with Gasteiger partial charge in [0.2, 0.25) is 0 Å². The zero-order valence-electron chi connectivity index (χ0n) is 12.0. The monoisotopic (exact) mass is 278 g/mol. The molecular weight excluding hydrogens is 255 g/mol. The molecule has 1 aromatic carbocycles. The number of nitrogens with two attached hydrogens (primary N) is 1. The SMILES string of the molecule is Cc1cc(F)ccc1C(NN)C1CCOC2(CCC2)C1. The lowest BCUT2D eigenvalue weighted by atomic mass is 9.69. The summed E-state index contributed by atoms with van der Waals surface area (Å²) in [6.07, 6.45) is 5.67. The molecule has 3 N–H and O–H groups in total. The van der Waals surface area contributed by atoms with E-state index in [9.17, 15) is 4.39 Å². The Hall–Kier alpha value is -0.970. The summed E-state index contributed by atoms with van der Waals surface area (Å²) in [4.78, 5) is 0. The number of hydrogen-bond donors (Lipinski definition) is 2. The molecule has 1 spiro atoms. The second-order valence-corrected chi connectivity index (χ2v) is 6.28. The minimum atomic E-state index is -0.190. The van der Waals surface area contributed by atoms with Crippen LogP contribution in [-0.2, 0) is 4.74 Å². The van der Waals surface area contributed by atoms with Gasteiger partial charge in [0.15, 0.2) is 0 Å². The summed E-state index contributed by atoms with van der Waals surface area (Å²) in [7, 11) is 0. The number of benzene rings is 1. The zero-order valence-corrected chi connectivity index (χ0v) is 12.0. The van der Waals surface area contributed by atoms with E-state index in [1.807, 2.05) is 13.0 Å². The lowest BCUT2D eigenvalue weighted by Crippen LogP contribution is -2.48. The normalized spacial score (nSPS) is 26.2. The number of nitrogens with one attached hydrogen (secondary N) is 1. The van der Waals surface area contributed by atoms with Gasteiger partial charge in [-0.1, -0.05) is 6.07 Å². The first-order valence-corrected chi connectivity index (χ1v) is 7.50. The summed E-state index contributed by atoms with van der Waals surface area (Å²) in [5.74, 6) is 6.07. The Labute approximate surface area is 119 Å². The van der Waals surface area contributed by atoms with E-state index >= 15 is 0 Å². The van der Waals surface area contributed by atoms with Gasteiger partial charge < -0.3 is 4.74 Å². The number of hydrogen-bond acceptors (Lipinski definition) is 3. The molecule has 0 amide bonds. The highest BCUT2D eigenvalue weighted by atomic mass is 19.1. The molecular formula is C16H23FN2O. The standard InChI is InChI=1S/C16H23FN2O/c1-11-9-13(17)3-4-14(11)15(19-18)12-5-8-20-16(10-12)6-2-7-16/h3-4,9,12,15,19H,2,5-8,10,18H2,1H3. The molecule has 2 unspecified atom stereocenters. The molecule has 110 valence electrons. The van der Waals surface area contributed by atoms with E-state index in [-0.39, 0.29) is 17.5 Å². The van der Waals surface area contributed by atoms with Crippen LogP contribution in [0.5, 0.6) is 0 Å². The first-order valence-electron chi connectivity index (χ1n) is 7.50. The van der Waals surface area contributed by atoms with Crippen molar-refractivity contribution >= 4 is 0 Å². The molecule has 0 aromatic heterocycles. The number of halogens is 1. The second-order valence-electron chi connectivity index (χ2n) is 6.28. The molecule has 1 heterocycles. The van der Waals surface area contributed by atoms with Crippen molar-refractivity contribution in [2.75, 3.05) is 6.61 Å². The van der Waals surface area contributed by atoms with E-state index in [1.165, 1.54) is 25.3 Å². The molecule has 1 saturated heterocycles. The lowest BCUT2D eigenvalue weighted by molar-refractivity contribution is -0.147. The van der Waals surface area contributed by atoms with E-state index in [4.69, 9.17) is 10.6 Å².